The number of pyridine rings is 1. The summed E-state index contributed by atoms with van der Waals surface area (Å²) in [4.78, 5) is 4.33. The molecule has 2 aromatic rings. The number of nitrogens with zero attached hydrogens (tertiary/aromatic N) is 2. The number of rotatable bonds is 2. The molecule has 0 spiro atoms. The summed E-state index contributed by atoms with van der Waals surface area (Å²) in [6, 6.07) is 14.1. The van der Waals surface area contributed by atoms with Gasteiger partial charge in [0.25, 0.3) is 0 Å². The Kier molecular flexibility index (Phi) is 2.65. The Morgan fingerprint density at radius 3 is 2.56 bits per heavy atom. The van der Waals surface area contributed by atoms with Crippen molar-refractivity contribution in [3.05, 3.63) is 72.1 Å². The fourth-order valence-electron chi connectivity index (χ4n) is 2.06. The quantitative estimate of drug-likeness (QED) is 0.868. The second-order valence-corrected chi connectivity index (χ2v) is 4.19. The van der Waals surface area contributed by atoms with Crippen LogP contribution in [0, 0.1) is 0 Å². The van der Waals surface area contributed by atoms with E-state index in [9.17, 15) is 0 Å². The standard InChI is InChI=1S/C15H13N3/c1-11-13-7-2-3-8-14(13)15(18-17-11)10-12-6-4-5-9-16-12/h2-9,17H,1,10H2. The Labute approximate surface area is 106 Å². The molecule has 0 amide bonds. The lowest BCUT2D eigenvalue weighted by Crippen LogP contribution is -2.20. The molecule has 1 aromatic carbocycles. The molecule has 3 heteroatoms. The van der Waals surface area contributed by atoms with E-state index in [1.165, 1.54) is 0 Å². The fourth-order valence-corrected chi connectivity index (χ4v) is 2.06. The third kappa shape index (κ3) is 1.91. The highest BCUT2D eigenvalue weighted by molar-refractivity contribution is 6.06. The van der Waals surface area contributed by atoms with Crippen LogP contribution < -0.4 is 5.43 Å². The molecule has 0 bridgehead atoms. The molecule has 1 N–H and O–H groups in total. The minimum atomic E-state index is 0.720. The third-order valence-electron chi connectivity index (χ3n) is 2.96. The SMILES string of the molecule is C=C1NN=C(Cc2ccccn2)c2ccccc21. The molecule has 3 nitrogen and oxygen atoms in total. The highest BCUT2D eigenvalue weighted by Crippen LogP contribution is 2.21. The Hall–Kier alpha value is -2.42. The molecule has 1 aliphatic rings. The highest BCUT2D eigenvalue weighted by atomic mass is 15.3. The lowest BCUT2D eigenvalue weighted by atomic mass is 9.97. The summed E-state index contributed by atoms with van der Waals surface area (Å²) in [5, 5.41) is 4.37. The van der Waals surface area contributed by atoms with Gasteiger partial charge in [0.05, 0.1) is 11.4 Å². The molecule has 0 fully saturated rings. The summed E-state index contributed by atoms with van der Waals surface area (Å²) < 4.78 is 0. The Morgan fingerprint density at radius 1 is 1.00 bits per heavy atom. The summed E-state index contributed by atoms with van der Waals surface area (Å²) >= 11 is 0. The summed E-state index contributed by atoms with van der Waals surface area (Å²) in [7, 11) is 0. The normalized spacial score (nSPS) is 13.6. The first kappa shape index (κ1) is 10.7. The van der Waals surface area contributed by atoms with Crippen molar-refractivity contribution in [1.82, 2.24) is 10.4 Å². The van der Waals surface area contributed by atoms with Gasteiger partial charge < -0.3 is 0 Å². The van der Waals surface area contributed by atoms with Crippen LogP contribution >= 0.6 is 0 Å². The molecule has 1 aromatic heterocycles. The van der Waals surface area contributed by atoms with Crippen LogP contribution in [-0.4, -0.2) is 10.7 Å². The van der Waals surface area contributed by atoms with E-state index < -0.39 is 0 Å². The van der Waals surface area contributed by atoms with Gasteiger partial charge >= 0.3 is 0 Å². The van der Waals surface area contributed by atoms with Crippen molar-refractivity contribution in [3.63, 3.8) is 0 Å². The number of aromatic nitrogens is 1. The summed E-state index contributed by atoms with van der Waals surface area (Å²) in [5.74, 6) is 0. The van der Waals surface area contributed by atoms with Crippen LogP contribution in [0.25, 0.3) is 5.70 Å². The molecule has 18 heavy (non-hydrogen) atoms. The van der Waals surface area contributed by atoms with Gasteiger partial charge in [-0.25, -0.2) is 0 Å². The topological polar surface area (TPSA) is 37.3 Å². The van der Waals surface area contributed by atoms with Crippen LogP contribution in [0.3, 0.4) is 0 Å². The van der Waals surface area contributed by atoms with Crippen LogP contribution in [0.15, 0.2) is 60.3 Å². The highest BCUT2D eigenvalue weighted by Gasteiger charge is 2.16. The van der Waals surface area contributed by atoms with E-state index in [1.54, 1.807) is 6.20 Å². The van der Waals surface area contributed by atoms with Crippen molar-refractivity contribution in [1.29, 1.82) is 0 Å². The summed E-state index contributed by atoms with van der Waals surface area (Å²) in [6.07, 6.45) is 2.52. The molecule has 0 saturated heterocycles. The van der Waals surface area contributed by atoms with E-state index in [0.29, 0.717) is 0 Å². The number of hydrogen-bond donors (Lipinski definition) is 1. The van der Waals surface area contributed by atoms with E-state index in [4.69, 9.17) is 0 Å². The van der Waals surface area contributed by atoms with Crippen LogP contribution in [0.4, 0.5) is 0 Å². The van der Waals surface area contributed by atoms with Gasteiger partial charge in [-0.05, 0) is 12.1 Å². The maximum atomic E-state index is 4.37. The van der Waals surface area contributed by atoms with Gasteiger partial charge in [0.15, 0.2) is 0 Å². The first-order chi connectivity index (χ1) is 8.84. The van der Waals surface area contributed by atoms with Crippen LogP contribution in [-0.2, 0) is 6.42 Å². The maximum Gasteiger partial charge on any atom is 0.0745 e. The van der Waals surface area contributed by atoms with Crippen molar-refractivity contribution in [2.45, 2.75) is 6.42 Å². The Morgan fingerprint density at radius 2 is 1.78 bits per heavy atom. The molecule has 0 unspecified atom stereocenters. The zero-order chi connectivity index (χ0) is 12.4. The van der Waals surface area contributed by atoms with E-state index >= 15 is 0 Å². The first-order valence-corrected chi connectivity index (χ1v) is 5.86. The zero-order valence-corrected chi connectivity index (χ0v) is 9.93. The van der Waals surface area contributed by atoms with Crippen LogP contribution in [0.5, 0.6) is 0 Å². The smallest absolute Gasteiger partial charge is 0.0745 e. The predicted molar refractivity (Wildman–Crippen MR) is 73.1 cm³/mol. The van der Waals surface area contributed by atoms with E-state index in [0.717, 1.165) is 34.7 Å². The van der Waals surface area contributed by atoms with Gasteiger partial charge in [-0.15, -0.1) is 0 Å². The van der Waals surface area contributed by atoms with Gasteiger partial charge in [0, 0.05) is 29.4 Å². The molecule has 0 aliphatic carbocycles. The summed E-state index contributed by atoms with van der Waals surface area (Å²) in [6.45, 7) is 3.96. The van der Waals surface area contributed by atoms with Crippen molar-refractivity contribution in [2.75, 3.05) is 0 Å². The van der Waals surface area contributed by atoms with Gasteiger partial charge in [-0.1, -0.05) is 36.9 Å². The van der Waals surface area contributed by atoms with Crippen LogP contribution in [0.1, 0.15) is 16.8 Å². The number of fused-ring (bicyclic) bond motifs is 1. The number of benzene rings is 1. The summed E-state index contributed by atoms with van der Waals surface area (Å²) in [5.41, 5.74) is 8.07. The molecule has 88 valence electrons. The van der Waals surface area contributed by atoms with Crippen molar-refractivity contribution in [3.8, 4) is 0 Å². The van der Waals surface area contributed by atoms with E-state index in [2.05, 4.69) is 34.2 Å². The second-order valence-electron chi connectivity index (χ2n) is 4.19. The largest absolute Gasteiger partial charge is 0.278 e. The molecule has 1 aliphatic heterocycles. The van der Waals surface area contributed by atoms with E-state index in [-0.39, 0.29) is 0 Å². The molecular weight excluding hydrogens is 222 g/mol. The molecule has 2 heterocycles. The molecule has 0 radical (unpaired) electrons. The molecule has 0 saturated carbocycles. The monoisotopic (exact) mass is 235 g/mol. The third-order valence-corrected chi connectivity index (χ3v) is 2.96. The average molecular weight is 235 g/mol. The van der Waals surface area contributed by atoms with Crippen LogP contribution in [0.2, 0.25) is 0 Å². The van der Waals surface area contributed by atoms with E-state index in [1.807, 2.05) is 30.3 Å². The predicted octanol–water partition coefficient (Wildman–Crippen LogP) is 2.60. The van der Waals surface area contributed by atoms with Crippen molar-refractivity contribution >= 4 is 11.4 Å². The average Bonchev–Trinajstić information content (AvgIpc) is 2.44. The van der Waals surface area contributed by atoms with Gasteiger partial charge in [0.2, 0.25) is 0 Å². The number of nitrogens with one attached hydrogen (secondary N) is 1. The molecular formula is C15H13N3. The Bertz CT molecular complexity index is 615. The van der Waals surface area contributed by atoms with Gasteiger partial charge in [-0.2, -0.15) is 5.10 Å². The first-order valence-electron chi connectivity index (χ1n) is 5.86. The fraction of sp³-hybridized carbons (Fsp3) is 0.0667. The second kappa shape index (κ2) is 4.45. The zero-order valence-electron chi connectivity index (χ0n) is 9.93. The molecule has 3 rings (SSSR count). The van der Waals surface area contributed by atoms with Crippen molar-refractivity contribution < 1.29 is 0 Å². The lowest BCUT2D eigenvalue weighted by Gasteiger charge is -2.19. The molecule has 0 atom stereocenters. The maximum absolute atomic E-state index is 4.37. The van der Waals surface area contributed by atoms with Gasteiger partial charge in [0.1, 0.15) is 0 Å². The van der Waals surface area contributed by atoms with Crippen molar-refractivity contribution in [2.24, 2.45) is 5.10 Å². The minimum absolute atomic E-state index is 0.720. The lowest BCUT2D eigenvalue weighted by molar-refractivity contribution is 0.959. The number of hydrogen-bond acceptors (Lipinski definition) is 3. The Balaban J connectivity index is 1.97. The van der Waals surface area contributed by atoms with Gasteiger partial charge in [-0.3, -0.25) is 10.4 Å². The number of hydrazone groups is 1. The minimum Gasteiger partial charge on any atom is -0.278 e.